The van der Waals surface area contributed by atoms with Crippen molar-refractivity contribution in [1.82, 2.24) is 4.57 Å². The molecule has 9 heteroatoms. The van der Waals surface area contributed by atoms with E-state index >= 15 is 0 Å². The summed E-state index contributed by atoms with van der Waals surface area (Å²) in [5.41, 5.74) is 1.08. The molecule has 1 aliphatic rings. The number of fused-ring (bicyclic) bond motifs is 1. The van der Waals surface area contributed by atoms with E-state index in [0.29, 0.717) is 21.8 Å². The first-order chi connectivity index (χ1) is 15.8. The van der Waals surface area contributed by atoms with E-state index < -0.39 is 29.4 Å². The average Bonchev–Trinajstić information content (AvgIpc) is 3.08. The minimum atomic E-state index is -0.817. The third-order valence-electron chi connectivity index (χ3n) is 5.08. The molecule has 33 heavy (non-hydrogen) atoms. The number of aromatic nitrogens is 1. The van der Waals surface area contributed by atoms with Crippen LogP contribution in [0.1, 0.15) is 31.0 Å². The molecular weight excluding hydrogens is 447 g/mol. The number of allylic oxidation sites excluding steroid dienone is 1. The second-order valence-electron chi connectivity index (χ2n) is 7.26. The predicted octanol–water partition coefficient (Wildman–Crippen LogP) is 2.47. The highest BCUT2D eigenvalue weighted by atomic mass is 32.1. The minimum absolute atomic E-state index is 0.211. The number of hydrogen-bond donors (Lipinski definition) is 0. The maximum atomic E-state index is 14.2. The summed E-state index contributed by atoms with van der Waals surface area (Å²) in [7, 11) is 1.26. The molecule has 0 radical (unpaired) electrons. The third-order valence-corrected chi connectivity index (χ3v) is 6.06. The fraction of sp³-hybridized carbons (Fsp3) is 0.167. The molecule has 2 heterocycles. The van der Waals surface area contributed by atoms with E-state index in [4.69, 9.17) is 9.47 Å². The first kappa shape index (κ1) is 22.3. The van der Waals surface area contributed by atoms with Gasteiger partial charge in [0, 0.05) is 12.5 Å². The van der Waals surface area contributed by atoms with Gasteiger partial charge in [0.1, 0.15) is 11.6 Å². The molecule has 4 rings (SSSR count). The second kappa shape index (κ2) is 8.95. The van der Waals surface area contributed by atoms with Gasteiger partial charge in [-0.1, -0.05) is 41.7 Å². The highest BCUT2D eigenvalue weighted by Crippen LogP contribution is 2.31. The van der Waals surface area contributed by atoms with Crippen molar-refractivity contribution in [2.75, 3.05) is 7.11 Å². The molecule has 0 N–H and O–H groups in total. The molecule has 0 fully saturated rings. The van der Waals surface area contributed by atoms with Gasteiger partial charge in [-0.05, 0) is 36.8 Å². The molecule has 0 saturated carbocycles. The Bertz CT molecular complexity index is 1470. The largest absolute Gasteiger partial charge is 0.466 e. The van der Waals surface area contributed by atoms with Crippen molar-refractivity contribution < 1.29 is 23.5 Å². The maximum Gasteiger partial charge on any atom is 0.338 e. The second-order valence-corrected chi connectivity index (χ2v) is 8.27. The van der Waals surface area contributed by atoms with Gasteiger partial charge in [-0.15, -0.1) is 0 Å². The van der Waals surface area contributed by atoms with Crippen LogP contribution in [0.25, 0.3) is 6.08 Å². The Hall–Kier alpha value is -3.85. The molecule has 2 aromatic carbocycles. The normalized spacial score (nSPS) is 15.6. The van der Waals surface area contributed by atoms with Crippen LogP contribution in [-0.2, 0) is 14.3 Å². The summed E-state index contributed by atoms with van der Waals surface area (Å²) >= 11 is 1.11. The third kappa shape index (κ3) is 4.27. The van der Waals surface area contributed by atoms with Crippen molar-refractivity contribution in [2.45, 2.75) is 19.9 Å². The Morgan fingerprint density at radius 1 is 1.15 bits per heavy atom. The number of carbonyl (C=O) groups is 2. The summed E-state index contributed by atoms with van der Waals surface area (Å²) in [6.45, 7) is 2.96. The Morgan fingerprint density at radius 3 is 2.48 bits per heavy atom. The van der Waals surface area contributed by atoms with E-state index in [1.54, 1.807) is 49.4 Å². The minimum Gasteiger partial charge on any atom is -0.466 e. The Labute approximate surface area is 191 Å². The zero-order valence-corrected chi connectivity index (χ0v) is 18.8. The molecule has 0 bridgehead atoms. The van der Waals surface area contributed by atoms with Crippen molar-refractivity contribution in [2.24, 2.45) is 4.99 Å². The van der Waals surface area contributed by atoms with Gasteiger partial charge in [-0.2, -0.15) is 0 Å². The Kier molecular flexibility index (Phi) is 6.06. The van der Waals surface area contributed by atoms with Crippen molar-refractivity contribution in [1.29, 1.82) is 0 Å². The molecule has 1 atom stereocenters. The maximum absolute atomic E-state index is 14.2. The van der Waals surface area contributed by atoms with Crippen LogP contribution < -0.4 is 19.6 Å². The van der Waals surface area contributed by atoms with Crippen LogP contribution in [0.15, 0.2) is 69.6 Å². The lowest BCUT2D eigenvalue weighted by atomic mass is 9.96. The molecule has 7 nitrogen and oxygen atoms in total. The van der Waals surface area contributed by atoms with E-state index in [1.807, 2.05) is 0 Å². The molecule has 168 valence electrons. The molecule has 1 aromatic heterocycles. The van der Waals surface area contributed by atoms with Gasteiger partial charge in [0.05, 0.1) is 29.0 Å². The van der Waals surface area contributed by atoms with Crippen molar-refractivity contribution >= 4 is 29.4 Å². The van der Waals surface area contributed by atoms with Gasteiger partial charge in [0.15, 0.2) is 4.80 Å². The summed E-state index contributed by atoms with van der Waals surface area (Å²) < 4.78 is 25.9. The van der Waals surface area contributed by atoms with Gasteiger partial charge in [-0.3, -0.25) is 14.2 Å². The van der Waals surface area contributed by atoms with Crippen LogP contribution >= 0.6 is 11.3 Å². The molecule has 3 aromatic rings. The number of benzene rings is 2. The monoisotopic (exact) mass is 466 g/mol. The van der Waals surface area contributed by atoms with Crippen LogP contribution in [0.2, 0.25) is 0 Å². The summed E-state index contributed by atoms with van der Waals surface area (Å²) in [4.78, 5) is 42.1. The van der Waals surface area contributed by atoms with Crippen molar-refractivity contribution in [3.8, 4) is 5.75 Å². The van der Waals surface area contributed by atoms with E-state index in [1.165, 1.54) is 30.7 Å². The standard InChI is InChI=1S/C24H19FN2O5S/c1-13-20(23(30)31-3)21(15-8-10-17(11-9-15)32-14(2)28)27-22(29)19(33-24(27)26-13)12-16-6-4-5-7-18(16)25/h4-12,21H,1-3H3/b19-12+/t21-/m1/s1. The van der Waals surface area contributed by atoms with Crippen LogP contribution in [-0.4, -0.2) is 23.6 Å². The average molecular weight is 466 g/mol. The van der Waals surface area contributed by atoms with Gasteiger partial charge in [0.25, 0.3) is 5.56 Å². The summed E-state index contributed by atoms with van der Waals surface area (Å²) in [6, 6.07) is 11.8. The highest BCUT2D eigenvalue weighted by Gasteiger charge is 2.33. The molecular formula is C24H19FN2O5S. The quantitative estimate of drug-likeness (QED) is 0.436. The zero-order chi connectivity index (χ0) is 23.7. The number of nitrogens with zero attached hydrogens (tertiary/aromatic N) is 2. The topological polar surface area (TPSA) is 87.0 Å². The van der Waals surface area contributed by atoms with E-state index in [0.717, 1.165) is 11.3 Å². The molecule has 0 unspecified atom stereocenters. The number of rotatable bonds is 4. The summed E-state index contributed by atoms with van der Waals surface area (Å²) in [5, 5.41) is 0. The SMILES string of the molecule is COC(=O)C1=C(C)N=c2s/c(=C/c3ccccc3F)c(=O)n2[C@@H]1c1ccc(OC(C)=O)cc1. The van der Waals surface area contributed by atoms with E-state index in [9.17, 15) is 18.8 Å². The first-order valence-electron chi connectivity index (χ1n) is 9.94. The molecule has 0 amide bonds. The lowest BCUT2D eigenvalue weighted by molar-refractivity contribution is -0.136. The van der Waals surface area contributed by atoms with E-state index in [-0.39, 0.29) is 15.7 Å². The number of hydrogen-bond acceptors (Lipinski definition) is 7. The first-order valence-corrected chi connectivity index (χ1v) is 10.8. The number of ether oxygens (including phenoxy) is 2. The van der Waals surface area contributed by atoms with Crippen LogP contribution in [0.5, 0.6) is 5.75 Å². The number of methoxy groups -OCH3 is 1. The predicted molar refractivity (Wildman–Crippen MR) is 120 cm³/mol. The molecule has 0 saturated heterocycles. The van der Waals surface area contributed by atoms with Gasteiger partial charge < -0.3 is 9.47 Å². The van der Waals surface area contributed by atoms with Crippen LogP contribution in [0, 0.1) is 5.82 Å². The Morgan fingerprint density at radius 2 is 1.85 bits per heavy atom. The Balaban J connectivity index is 1.93. The smallest absolute Gasteiger partial charge is 0.338 e. The van der Waals surface area contributed by atoms with Gasteiger partial charge in [0.2, 0.25) is 0 Å². The number of carbonyl (C=O) groups excluding carboxylic acids is 2. The summed E-state index contributed by atoms with van der Waals surface area (Å²) in [6.07, 6.45) is 1.47. The van der Waals surface area contributed by atoms with Gasteiger partial charge in [-0.25, -0.2) is 14.2 Å². The summed E-state index contributed by atoms with van der Waals surface area (Å²) in [5.74, 6) is -1.20. The van der Waals surface area contributed by atoms with Crippen molar-refractivity contribution in [3.63, 3.8) is 0 Å². The molecule has 0 aliphatic carbocycles. The highest BCUT2D eigenvalue weighted by molar-refractivity contribution is 7.07. The molecule has 1 aliphatic heterocycles. The van der Waals surface area contributed by atoms with Gasteiger partial charge >= 0.3 is 11.9 Å². The van der Waals surface area contributed by atoms with Crippen molar-refractivity contribution in [3.05, 3.63) is 96.4 Å². The zero-order valence-electron chi connectivity index (χ0n) is 18.0. The molecule has 0 spiro atoms. The fourth-order valence-electron chi connectivity index (χ4n) is 3.63. The van der Waals surface area contributed by atoms with E-state index in [2.05, 4.69) is 4.99 Å². The van der Waals surface area contributed by atoms with Crippen LogP contribution in [0.4, 0.5) is 4.39 Å². The fourth-order valence-corrected chi connectivity index (χ4v) is 4.66. The lowest BCUT2D eigenvalue weighted by Gasteiger charge is -2.24. The lowest BCUT2D eigenvalue weighted by Crippen LogP contribution is -2.39. The van der Waals surface area contributed by atoms with Crippen LogP contribution in [0.3, 0.4) is 0 Å². The number of thiazole rings is 1. The number of halogens is 1. The number of esters is 2.